The molecule has 0 bridgehead atoms. The fourth-order valence-electron chi connectivity index (χ4n) is 4.32. The molecular weight excluding hydrogens is 400 g/mol. The van der Waals surface area contributed by atoms with Crippen LogP contribution in [0.25, 0.3) is 0 Å². The van der Waals surface area contributed by atoms with E-state index in [4.69, 9.17) is 4.74 Å². The predicted octanol–water partition coefficient (Wildman–Crippen LogP) is 3.99. The lowest BCUT2D eigenvalue weighted by molar-refractivity contribution is -0.125. The zero-order chi connectivity index (χ0) is 21.5. The second-order valence-corrected chi connectivity index (χ2v) is 9.91. The van der Waals surface area contributed by atoms with Gasteiger partial charge >= 0.3 is 0 Å². The number of fused-ring (bicyclic) bond motifs is 1. The van der Waals surface area contributed by atoms with Crippen molar-refractivity contribution in [3.63, 3.8) is 0 Å². The third kappa shape index (κ3) is 3.45. The molecule has 0 spiro atoms. The molecule has 0 aromatic heterocycles. The Labute approximate surface area is 178 Å². The highest BCUT2D eigenvalue weighted by molar-refractivity contribution is 7.92. The van der Waals surface area contributed by atoms with E-state index in [1.807, 2.05) is 18.7 Å². The van der Waals surface area contributed by atoms with Crippen molar-refractivity contribution in [3.8, 4) is 5.75 Å². The van der Waals surface area contributed by atoms with Crippen LogP contribution in [0.2, 0.25) is 0 Å². The highest BCUT2D eigenvalue weighted by Crippen LogP contribution is 2.39. The molecule has 1 aliphatic carbocycles. The van der Waals surface area contributed by atoms with Crippen molar-refractivity contribution >= 4 is 27.3 Å². The first-order chi connectivity index (χ1) is 14.4. The maximum absolute atomic E-state index is 13.4. The Hall–Kier alpha value is -2.54. The van der Waals surface area contributed by atoms with Crippen LogP contribution in [0.3, 0.4) is 0 Å². The van der Waals surface area contributed by atoms with Gasteiger partial charge in [-0.25, -0.2) is 8.42 Å². The summed E-state index contributed by atoms with van der Waals surface area (Å²) in [4.78, 5) is 15.0. The number of methoxy groups -OCH3 is 1. The van der Waals surface area contributed by atoms with Gasteiger partial charge in [0.05, 0.1) is 17.7 Å². The molecule has 1 fully saturated rings. The van der Waals surface area contributed by atoms with Crippen molar-refractivity contribution in [2.75, 3.05) is 22.9 Å². The largest absolute Gasteiger partial charge is 0.497 e. The monoisotopic (exact) mass is 428 g/mol. The van der Waals surface area contributed by atoms with E-state index in [1.165, 1.54) is 4.31 Å². The fourth-order valence-corrected chi connectivity index (χ4v) is 5.85. The fraction of sp³-hybridized carbons (Fsp3) is 0.435. The molecule has 0 radical (unpaired) electrons. The third-order valence-electron chi connectivity index (χ3n) is 6.19. The van der Waals surface area contributed by atoms with Gasteiger partial charge in [0.2, 0.25) is 5.91 Å². The summed E-state index contributed by atoms with van der Waals surface area (Å²) in [6, 6.07) is 12.2. The van der Waals surface area contributed by atoms with Crippen LogP contribution in [-0.2, 0) is 21.2 Å². The molecule has 30 heavy (non-hydrogen) atoms. The number of nitrogens with zero attached hydrogens (tertiary/aromatic N) is 2. The van der Waals surface area contributed by atoms with Gasteiger partial charge in [0.1, 0.15) is 5.75 Å². The maximum Gasteiger partial charge on any atom is 0.264 e. The molecule has 1 amide bonds. The van der Waals surface area contributed by atoms with Crippen molar-refractivity contribution in [2.45, 2.75) is 50.5 Å². The number of amides is 1. The Morgan fingerprint density at radius 1 is 1.17 bits per heavy atom. The van der Waals surface area contributed by atoms with E-state index >= 15 is 0 Å². The number of anilines is 2. The molecule has 1 heterocycles. The number of hydrogen-bond donors (Lipinski definition) is 0. The van der Waals surface area contributed by atoms with Crippen molar-refractivity contribution in [3.05, 3.63) is 48.0 Å². The van der Waals surface area contributed by atoms with Gasteiger partial charge in [-0.05, 0) is 81.1 Å². The SMILES string of the molecule is CCN(c1ccc(OC)cc1)S(=O)(=O)c1ccc2c(c1)C[C@H](C)N2C(=O)C1CCC1. The number of carbonyl (C=O) groups excluding carboxylic acids is 1. The van der Waals surface area contributed by atoms with E-state index in [0.29, 0.717) is 24.4 Å². The summed E-state index contributed by atoms with van der Waals surface area (Å²) in [6.07, 6.45) is 3.70. The zero-order valence-corrected chi connectivity index (χ0v) is 18.5. The molecule has 7 heteroatoms. The predicted molar refractivity (Wildman–Crippen MR) is 118 cm³/mol. The van der Waals surface area contributed by atoms with Gasteiger partial charge < -0.3 is 9.64 Å². The van der Waals surface area contributed by atoms with Crippen LogP contribution in [0.5, 0.6) is 5.75 Å². The van der Waals surface area contributed by atoms with Gasteiger partial charge in [0.25, 0.3) is 10.0 Å². The lowest BCUT2D eigenvalue weighted by Gasteiger charge is -2.32. The molecule has 160 valence electrons. The van der Waals surface area contributed by atoms with E-state index in [9.17, 15) is 13.2 Å². The van der Waals surface area contributed by atoms with Gasteiger partial charge in [0, 0.05) is 24.2 Å². The van der Waals surface area contributed by atoms with Gasteiger partial charge in [-0.3, -0.25) is 9.10 Å². The maximum atomic E-state index is 13.4. The van der Waals surface area contributed by atoms with E-state index in [1.54, 1.807) is 49.6 Å². The molecule has 0 N–H and O–H groups in total. The topological polar surface area (TPSA) is 66.9 Å². The molecule has 0 saturated heterocycles. The highest BCUT2D eigenvalue weighted by Gasteiger charge is 2.37. The lowest BCUT2D eigenvalue weighted by Crippen LogP contribution is -2.42. The first-order valence-corrected chi connectivity index (χ1v) is 11.9. The Balaban J connectivity index is 1.65. The van der Waals surface area contributed by atoms with E-state index in [0.717, 1.165) is 30.5 Å². The Bertz CT molecular complexity index is 1050. The normalized spacial score (nSPS) is 18.6. The Kier molecular flexibility index (Phi) is 5.49. The van der Waals surface area contributed by atoms with Gasteiger partial charge in [0.15, 0.2) is 0 Å². The van der Waals surface area contributed by atoms with E-state index in [-0.39, 0.29) is 22.8 Å². The summed E-state index contributed by atoms with van der Waals surface area (Å²) in [5.74, 6) is 0.971. The van der Waals surface area contributed by atoms with Crippen LogP contribution in [0, 0.1) is 5.92 Å². The molecule has 0 unspecified atom stereocenters. The van der Waals surface area contributed by atoms with Crippen molar-refractivity contribution in [2.24, 2.45) is 5.92 Å². The van der Waals surface area contributed by atoms with Crippen LogP contribution < -0.4 is 13.9 Å². The standard InChI is InChI=1S/C23H28N2O4S/c1-4-24(19-8-10-20(29-3)11-9-19)30(27,28)21-12-13-22-18(15-21)14-16(2)25(22)23(26)17-6-5-7-17/h8-13,15-17H,4-7,14H2,1-3H3/t16-/m0/s1. The zero-order valence-electron chi connectivity index (χ0n) is 17.7. The lowest BCUT2D eigenvalue weighted by atomic mass is 9.84. The van der Waals surface area contributed by atoms with E-state index in [2.05, 4.69) is 0 Å². The first kappa shape index (κ1) is 20.7. The number of sulfonamides is 1. The molecule has 6 nitrogen and oxygen atoms in total. The summed E-state index contributed by atoms with van der Waals surface area (Å²) in [7, 11) is -2.14. The number of benzene rings is 2. The quantitative estimate of drug-likeness (QED) is 0.698. The van der Waals surface area contributed by atoms with E-state index < -0.39 is 10.0 Å². The molecule has 4 rings (SSSR count). The summed E-state index contributed by atoms with van der Waals surface area (Å²) < 4.78 is 33.3. The van der Waals surface area contributed by atoms with Gasteiger partial charge in [-0.1, -0.05) is 6.42 Å². The number of rotatable bonds is 6. The third-order valence-corrected chi connectivity index (χ3v) is 8.09. The van der Waals surface area contributed by atoms with Crippen LogP contribution in [-0.4, -0.2) is 34.0 Å². The van der Waals surface area contributed by atoms with Crippen LogP contribution in [0.4, 0.5) is 11.4 Å². The minimum absolute atomic E-state index is 0.0509. The first-order valence-electron chi connectivity index (χ1n) is 10.5. The summed E-state index contributed by atoms with van der Waals surface area (Å²) >= 11 is 0. The highest BCUT2D eigenvalue weighted by atomic mass is 32.2. The van der Waals surface area contributed by atoms with Crippen LogP contribution >= 0.6 is 0 Å². The summed E-state index contributed by atoms with van der Waals surface area (Å²) in [5, 5.41) is 0. The minimum atomic E-state index is -3.72. The smallest absolute Gasteiger partial charge is 0.264 e. The summed E-state index contributed by atoms with van der Waals surface area (Å²) in [5.41, 5.74) is 2.36. The molecule has 2 aromatic carbocycles. The molecular formula is C23H28N2O4S. The number of ether oxygens (including phenoxy) is 1. The Morgan fingerprint density at radius 3 is 2.43 bits per heavy atom. The minimum Gasteiger partial charge on any atom is -0.497 e. The van der Waals surface area contributed by atoms with Crippen molar-refractivity contribution in [1.29, 1.82) is 0 Å². The molecule has 2 aromatic rings. The average molecular weight is 429 g/mol. The molecule has 1 aliphatic heterocycles. The summed E-state index contributed by atoms with van der Waals surface area (Å²) in [6.45, 7) is 4.16. The number of carbonyl (C=O) groups is 1. The average Bonchev–Trinajstić information content (AvgIpc) is 3.02. The molecule has 1 atom stereocenters. The van der Waals surface area contributed by atoms with Gasteiger partial charge in [-0.15, -0.1) is 0 Å². The second-order valence-electron chi connectivity index (χ2n) is 8.05. The van der Waals surface area contributed by atoms with Crippen LogP contribution in [0.15, 0.2) is 47.4 Å². The van der Waals surface area contributed by atoms with Gasteiger partial charge in [-0.2, -0.15) is 0 Å². The molecule has 2 aliphatic rings. The molecule has 1 saturated carbocycles. The Morgan fingerprint density at radius 2 is 1.87 bits per heavy atom. The second kappa shape index (κ2) is 7.95. The van der Waals surface area contributed by atoms with Crippen LogP contribution in [0.1, 0.15) is 38.7 Å². The van der Waals surface area contributed by atoms with Crippen molar-refractivity contribution < 1.29 is 17.9 Å². The number of hydrogen-bond acceptors (Lipinski definition) is 4. The van der Waals surface area contributed by atoms with Crippen molar-refractivity contribution in [1.82, 2.24) is 0 Å².